The molecule has 0 radical (unpaired) electrons. The third-order valence-electron chi connectivity index (χ3n) is 2.68. The van der Waals surface area contributed by atoms with Crippen LogP contribution in [-0.4, -0.2) is 25.4 Å². The standard InChI is InChI=1S/C11H13FO3/c1-14-8-2-3-10(12)9(6-8)11(13)4-5-15-7-11/h2-3,6,13H,4-5,7H2,1H3. The van der Waals surface area contributed by atoms with Gasteiger partial charge in [-0.1, -0.05) is 0 Å². The van der Waals surface area contributed by atoms with Gasteiger partial charge >= 0.3 is 0 Å². The van der Waals surface area contributed by atoms with Crippen molar-refractivity contribution in [3.8, 4) is 5.75 Å². The smallest absolute Gasteiger partial charge is 0.129 e. The third-order valence-corrected chi connectivity index (χ3v) is 2.68. The summed E-state index contributed by atoms with van der Waals surface area (Å²) in [6.45, 7) is 0.588. The first-order valence-corrected chi connectivity index (χ1v) is 4.80. The van der Waals surface area contributed by atoms with Crippen LogP contribution in [0, 0.1) is 5.82 Å². The summed E-state index contributed by atoms with van der Waals surface area (Å²) in [6, 6.07) is 4.34. The van der Waals surface area contributed by atoms with E-state index in [4.69, 9.17) is 9.47 Å². The Bertz CT molecular complexity index is 359. The largest absolute Gasteiger partial charge is 0.497 e. The van der Waals surface area contributed by atoms with Crippen LogP contribution in [0.15, 0.2) is 18.2 Å². The molecule has 0 spiro atoms. The number of methoxy groups -OCH3 is 1. The monoisotopic (exact) mass is 212 g/mol. The lowest BCUT2D eigenvalue weighted by Gasteiger charge is -2.21. The second-order valence-corrected chi connectivity index (χ2v) is 3.68. The molecule has 1 fully saturated rings. The molecular formula is C11H13FO3. The highest BCUT2D eigenvalue weighted by atomic mass is 19.1. The first kappa shape index (κ1) is 10.4. The summed E-state index contributed by atoms with van der Waals surface area (Å²) in [5, 5.41) is 10.1. The SMILES string of the molecule is COc1ccc(F)c(C2(O)CCOC2)c1. The molecule has 0 aliphatic carbocycles. The number of hydrogen-bond acceptors (Lipinski definition) is 3. The van der Waals surface area contributed by atoms with Crippen LogP contribution in [0.25, 0.3) is 0 Å². The van der Waals surface area contributed by atoms with E-state index in [-0.39, 0.29) is 12.2 Å². The van der Waals surface area contributed by atoms with Crippen LogP contribution >= 0.6 is 0 Å². The van der Waals surface area contributed by atoms with E-state index in [1.807, 2.05) is 0 Å². The van der Waals surface area contributed by atoms with Crippen molar-refractivity contribution in [2.75, 3.05) is 20.3 Å². The fourth-order valence-corrected chi connectivity index (χ4v) is 1.75. The Kier molecular flexibility index (Phi) is 2.63. The Morgan fingerprint density at radius 3 is 2.93 bits per heavy atom. The molecule has 4 heteroatoms. The van der Waals surface area contributed by atoms with Crippen molar-refractivity contribution in [2.45, 2.75) is 12.0 Å². The van der Waals surface area contributed by atoms with Gasteiger partial charge in [-0.25, -0.2) is 4.39 Å². The summed E-state index contributed by atoms with van der Waals surface area (Å²) in [6.07, 6.45) is 0.414. The molecule has 0 saturated carbocycles. The molecule has 82 valence electrons. The van der Waals surface area contributed by atoms with Crippen LogP contribution in [-0.2, 0) is 10.3 Å². The maximum atomic E-state index is 13.5. The predicted molar refractivity (Wildman–Crippen MR) is 52.3 cm³/mol. The molecule has 1 aliphatic rings. The number of halogens is 1. The highest BCUT2D eigenvalue weighted by molar-refractivity contribution is 5.34. The Morgan fingerprint density at radius 1 is 1.53 bits per heavy atom. The predicted octanol–water partition coefficient (Wildman–Crippen LogP) is 1.44. The van der Waals surface area contributed by atoms with Gasteiger partial charge in [-0.3, -0.25) is 0 Å². The van der Waals surface area contributed by atoms with Gasteiger partial charge in [0.25, 0.3) is 0 Å². The van der Waals surface area contributed by atoms with Gasteiger partial charge in [0.15, 0.2) is 0 Å². The number of rotatable bonds is 2. The minimum absolute atomic E-state index is 0.136. The van der Waals surface area contributed by atoms with E-state index in [1.165, 1.54) is 25.3 Å². The zero-order valence-electron chi connectivity index (χ0n) is 8.50. The molecule has 1 aromatic carbocycles. The van der Waals surface area contributed by atoms with Crippen molar-refractivity contribution in [3.05, 3.63) is 29.6 Å². The number of benzene rings is 1. The molecule has 15 heavy (non-hydrogen) atoms. The second-order valence-electron chi connectivity index (χ2n) is 3.68. The van der Waals surface area contributed by atoms with Crippen LogP contribution in [0.2, 0.25) is 0 Å². The zero-order chi connectivity index (χ0) is 10.9. The van der Waals surface area contributed by atoms with Crippen molar-refractivity contribution in [2.24, 2.45) is 0 Å². The van der Waals surface area contributed by atoms with Crippen LogP contribution in [0.5, 0.6) is 5.75 Å². The molecule has 1 aromatic rings. The summed E-state index contributed by atoms with van der Waals surface area (Å²) >= 11 is 0. The molecule has 1 atom stereocenters. The highest BCUT2D eigenvalue weighted by Gasteiger charge is 2.36. The molecule has 1 unspecified atom stereocenters. The first-order chi connectivity index (χ1) is 7.15. The molecule has 1 saturated heterocycles. The van der Waals surface area contributed by atoms with Crippen molar-refractivity contribution in [1.82, 2.24) is 0 Å². The van der Waals surface area contributed by atoms with Gasteiger partial charge in [-0.05, 0) is 18.2 Å². The first-order valence-electron chi connectivity index (χ1n) is 4.80. The van der Waals surface area contributed by atoms with Gasteiger partial charge < -0.3 is 14.6 Å². The van der Waals surface area contributed by atoms with Gasteiger partial charge in [-0.15, -0.1) is 0 Å². The van der Waals surface area contributed by atoms with Gasteiger partial charge in [-0.2, -0.15) is 0 Å². The van der Waals surface area contributed by atoms with E-state index in [2.05, 4.69) is 0 Å². The molecule has 1 N–H and O–H groups in total. The molecule has 2 rings (SSSR count). The lowest BCUT2D eigenvalue weighted by atomic mass is 9.92. The molecule has 1 aliphatic heterocycles. The average Bonchev–Trinajstić information content (AvgIpc) is 2.67. The van der Waals surface area contributed by atoms with Crippen LogP contribution in [0.1, 0.15) is 12.0 Å². The number of ether oxygens (including phenoxy) is 2. The Balaban J connectivity index is 2.41. The fraction of sp³-hybridized carbons (Fsp3) is 0.455. The lowest BCUT2D eigenvalue weighted by molar-refractivity contribution is 0.0200. The fourth-order valence-electron chi connectivity index (χ4n) is 1.75. The van der Waals surface area contributed by atoms with E-state index < -0.39 is 11.4 Å². The summed E-state index contributed by atoms with van der Waals surface area (Å²) < 4.78 is 23.6. The normalized spacial score (nSPS) is 25.5. The minimum Gasteiger partial charge on any atom is -0.497 e. The van der Waals surface area contributed by atoms with Gasteiger partial charge in [0.2, 0.25) is 0 Å². The van der Waals surface area contributed by atoms with Gasteiger partial charge in [0.05, 0.1) is 13.7 Å². The Labute approximate surface area is 87.4 Å². The van der Waals surface area contributed by atoms with Crippen molar-refractivity contribution < 1.29 is 19.0 Å². The minimum atomic E-state index is -1.21. The average molecular weight is 212 g/mol. The summed E-state index contributed by atoms with van der Waals surface area (Å²) in [5.41, 5.74) is -0.960. The lowest BCUT2D eigenvalue weighted by Crippen LogP contribution is -2.27. The molecule has 3 nitrogen and oxygen atoms in total. The van der Waals surface area contributed by atoms with Gasteiger partial charge in [0.1, 0.15) is 17.2 Å². The van der Waals surface area contributed by atoms with Crippen LogP contribution < -0.4 is 4.74 Å². The number of hydrogen-bond donors (Lipinski definition) is 1. The quantitative estimate of drug-likeness (QED) is 0.806. The third kappa shape index (κ3) is 1.82. The molecule has 0 aromatic heterocycles. The molecular weight excluding hydrogens is 199 g/mol. The maximum Gasteiger partial charge on any atom is 0.129 e. The highest BCUT2D eigenvalue weighted by Crippen LogP contribution is 2.33. The van der Waals surface area contributed by atoms with E-state index in [0.717, 1.165) is 0 Å². The Hall–Kier alpha value is -1.13. The van der Waals surface area contributed by atoms with E-state index >= 15 is 0 Å². The summed E-state index contributed by atoms with van der Waals surface area (Å²) in [5.74, 6) is 0.107. The van der Waals surface area contributed by atoms with Crippen LogP contribution in [0.4, 0.5) is 4.39 Å². The molecule has 0 bridgehead atoms. The second kappa shape index (κ2) is 3.79. The summed E-state index contributed by atoms with van der Waals surface area (Å²) in [7, 11) is 1.51. The van der Waals surface area contributed by atoms with E-state index in [1.54, 1.807) is 0 Å². The van der Waals surface area contributed by atoms with E-state index in [9.17, 15) is 9.50 Å². The van der Waals surface area contributed by atoms with Crippen molar-refractivity contribution >= 4 is 0 Å². The van der Waals surface area contributed by atoms with Crippen LogP contribution in [0.3, 0.4) is 0 Å². The summed E-state index contributed by atoms with van der Waals surface area (Å²) in [4.78, 5) is 0. The molecule has 0 amide bonds. The number of aliphatic hydroxyl groups is 1. The Morgan fingerprint density at radius 2 is 2.33 bits per heavy atom. The van der Waals surface area contributed by atoms with E-state index in [0.29, 0.717) is 18.8 Å². The van der Waals surface area contributed by atoms with Crippen molar-refractivity contribution in [1.29, 1.82) is 0 Å². The molecule has 1 heterocycles. The van der Waals surface area contributed by atoms with Gasteiger partial charge in [0, 0.05) is 18.6 Å². The van der Waals surface area contributed by atoms with Crippen molar-refractivity contribution in [3.63, 3.8) is 0 Å². The zero-order valence-corrected chi connectivity index (χ0v) is 8.50. The maximum absolute atomic E-state index is 13.5. The topological polar surface area (TPSA) is 38.7 Å².